The molecule has 1 N–H and O–H groups in total. The van der Waals surface area contributed by atoms with Crippen LogP contribution in [0.15, 0.2) is 42.5 Å². The minimum atomic E-state index is -0.976. The maximum absolute atomic E-state index is 13.5. The van der Waals surface area contributed by atoms with E-state index in [9.17, 15) is 13.6 Å². The van der Waals surface area contributed by atoms with Gasteiger partial charge in [0.05, 0.1) is 6.42 Å². The van der Waals surface area contributed by atoms with Gasteiger partial charge in [0.2, 0.25) is 5.91 Å². The average Bonchev–Trinajstić information content (AvgIpc) is 2.44. The Balaban J connectivity index is 2.11. The van der Waals surface area contributed by atoms with Crippen molar-refractivity contribution in [2.45, 2.75) is 11.8 Å². The van der Waals surface area contributed by atoms with Crippen LogP contribution in [0.25, 0.3) is 0 Å². The molecule has 0 atom stereocenters. The summed E-state index contributed by atoms with van der Waals surface area (Å²) in [6.07, 6.45) is -0.208. The first-order valence-corrected chi connectivity index (χ1v) is 7.10. The second-order valence-corrected chi connectivity index (χ2v) is 4.79. The lowest BCUT2D eigenvalue weighted by Crippen LogP contribution is -2.16. The van der Waals surface area contributed by atoms with Crippen LogP contribution in [0.4, 0.5) is 14.5 Å². The Hall–Kier alpha value is -1.75. The van der Waals surface area contributed by atoms with Crippen molar-refractivity contribution in [3.63, 3.8) is 0 Å². The number of carbonyl (C=O) groups excluding carboxylic acids is 1. The minimum Gasteiger partial charge on any atom is -0.326 e. The number of rotatable bonds is 4. The smallest absolute Gasteiger partial charge is 0.228 e. The molecule has 0 fully saturated rings. The Morgan fingerprint density at radius 1 is 1.05 bits per heavy atom. The van der Waals surface area contributed by atoms with E-state index in [0.717, 1.165) is 11.6 Å². The van der Waals surface area contributed by atoms with E-state index in [4.69, 9.17) is 0 Å². The maximum atomic E-state index is 13.5. The second-order valence-electron chi connectivity index (χ2n) is 4.23. The number of halogens is 3. The molecule has 104 valence electrons. The molecule has 5 heteroatoms. The van der Waals surface area contributed by atoms with Gasteiger partial charge in [0.1, 0.15) is 0 Å². The third-order valence-electron chi connectivity index (χ3n) is 2.82. The van der Waals surface area contributed by atoms with Gasteiger partial charge in [-0.15, -0.1) is 0 Å². The summed E-state index contributed by atoms with van der Waals surface area (Å²) in [5, 5.41) is 3.29. The molecule has 0 aliphatic carbocycles. The molecule has 0 bridgehead atoms. The fourth-order valence-electron chi connectivity index (χ4n) is 1.81. The number of para-hydroxylation sites is 1. The molecule has 20 heavy (non-hydrogen) atoms. The van der Waals surface area contributed by atoms with Crippen molar-refractivity contribution in [1.82, 2.24) is 0 Å². The average molecular weight is 340 g/mol. The van der Waals surface area contributed by atoms with Crippen LogP contribution in [0.3, 0.4) is 0 Å². The summed E-state index contributed by atoms with van der Waals surface area (Å²) >= 11 is 3.33. The summed E-state index contributed by atoms with van der Waals surface area (Å²) in [5.74, 6) is -2.31. The highest BCUT2D eigenvalue weighted by Gasteiger charge is 2.12. The third-order valence-corrected chi connectivity index (χ3v) is 3.42. The van der Waals surface area contributed by atoms with Gasteiger partial charge in [-0.25, -0.2) is 8.78 Å². The number of carbonyl (C=O) groups is 1. The van der Waals surface area contributed by atoms with E-state index in [1.165, 1.54) is 12.1 Å². The molecule has 2 aromatic carbocycles. The van der Waals surface area contributed by atoms with Crippen LogP contribution in [-0.2, 0) is 16.5 Å². The second kappa shape index (κ2) is 6.61. The lowest BCUT2D eigenvalue weighted by atomic mass is 10.1. The van der Waals surface area contributed by atoms with E-state index in [-0.39, 0.29) is 17.9 Å². The molecule has 0 spiro atoms. The number of amides is 1. The molecule has 0 aliphatic heterocycles. The predicted octanol–water partition coefficient (Wildman–Crippen LogP) is 4.04. The zero-order valence-electron chi connectivity index (χ0n) is 10.5. The summed E-state index contributed by atoms with van der Waals surface area (Å²) in [6.45, 7) is 0. The van der Waals surface area contributed by atoms with Gasteiger partial charge in [-0.05, 0) is 17.7 Å². The Morgan fingerprint density at radius 3 is 2.50 bits per heavy atom. The number of anilines is 1. The first kappa shape index (κ1) is 14.7. The molecular weight excluding hydrogens is 328 g/mol. The Bertz CT molecular complexity index is 631. The molecule has 2 rings (SSSR count). The number of nitrogens with one attached hydrogen (secondary N) is 1. The molecular formula is C15H12BrF2NO. The first-order valence-electron chi connectivity index (χ1n) is 5.98. The van der Waals surface area contributed by atoms with Crippen molar-refractivity contribution in [1.29, 1.82) is 0 Å². The van der Waals surface area contributed by atoms with Crippen LogP contribution in [0, 0.1) is 11.6 Å². The monoisotopic (exact) mass is 339 g/mol. The molecule has 0 saturated heterocycles. The van der Waals surface area contributed by atoms with E-state index >= 15 is 0 Å². The highest BCUT2D eigenvalue weighted by Crippen LogP contribution is 2.19. The number of benzene rings is 2. The van der Waals surface area contributed by atoms with Crippen molar-refractivity contribution in [2.24, 2.45) is 0 Å². The zero-order valence-corrected chi connectivity index (χ0v) is 12.1. The summed E-state index contributed by atoms with van der Waals surface area (Å²) in [4.78, 5) is 11.9. The lowest BCUT2D eigenvalue weighted by Gasteiger charge is -2.09. The van der Waals surface area contributed by atoms with Crippen LogP contribution in [0.1, 0.15) is 11.1 Å². The van der Waals surface area contributed by atoms with E-state index in [0.29, 0.717) is 11.0 Å². The van der Waals surface area contributed by atoms with E-state index in [1.807, 2.05) is 12.1 Å². The highest BCUT2D eigenvalue weighted by molar-refractivity contribution is 9.08. The summed E-state index contributed by atoms with van der Waals surface area (Å²) in [5.41, 5.74) is 1.62. The molecule has 0 radical (unpaired) electrons. The Morgan fingerprint density at radius 2 is 1.75 bits per heavy atom. The molecule has 2 aromatic rings. The van der Waals surface area contributed by atoms with Crippen molar-refractivity contribution >= 4 is 27.5 Å². The van der Waals surface area contributed by atoms with Gasteiger partial charge in [-0.2, -0.15) is 0 Å². The van der Waals surface area contributed by atoms with Crippen LogP contribution in [0.2, 0.25) is 0 Å². The first-order chi connectivity index (χ1) is 9.61. The van der Waals surface area contributed by atoms with Gasteiger partial charge in [0, 0.05) is 16.6 Å². The molecule has 0 heterocycles. The van der Waals surface area contributed by atoms with Gasteiger partial charge in [0.15, 0.2) is 11.6 Å². The number of hydrogen-bond donors (Lipinski definition) is 1. The normalized spacial score (nSPS) is 10.3. The molecule has 1 amide bonds. The Labute approximate surface area is 123 Å². The lowest BCUT2D eigenvalue weighted by molar-refractivity contribution is -0.115. The fraction of sp³-hybridized carbons (Fsp3) is 0.133. The summed E-state index contributed by atoms with van der Waals surface area (Å²) in [6, 6.07) is 11.1. The zero-order chi connectivity index (χ0) is 14.5. The summed E-state index contributed by atoms with van der Waals surface area (Å²) < 4.78 is 26.5. The third kappa shape index (κ3) is 3.42. The molecule has 0 unspecified atom stereocenters. The van der Waals surface area contributed by atoms with Gasteiger partial charge >= 0.3 is 0 Å². The summed E-state index contributed by atoms with van der Waals surface area (Å²) in [7, 11) is 0. The molecule has 0 saturated carbocycles. The number of alkyl halides is 1. The van der Waals surface area contributed by atoms with Crippen LogP contribution in [-0.4, -0.2) is 5.91 Å². The topological polar surface area (TPSA) is 29.1 Å². The van der Waals surface area contributed by atoms with Gasteiger partial charge in [-0.1, -0.05) is 46.3 Å². The predicted molar refractivity (Wildman–Crippen MR) is 77.8 cm³/mol. The molecule has 0 aromatic heterocycles. The van der Waals surface area contributed by atoms with Gasteiger partial charge < -0.3 is 5.32 Å². The van der Waals surface area contributed by atoms with Crippen LogP contribution >= 0.6 is 15.9 Å². The van der Waals surface area contributed by atoms with Gasteiger partial charge in [0.25, 0.3) is 0 Å². The molecule has 2 nitrogen and oxygen atoms in total. The van der Waals surface area contributed by atoms with E-state index in [1.54, 1.807) is 12.1 Å². The van der Waals surface area contributed by atoms with Crippen molar-refractivity contribution < 1.29 is 13.6 Å². The van der Waals surface area contributed by atoms with E-state index < -0.39 is 11.6 Å². The SMILES string of the molecule is O=C(Cc1cccc(F)c1F)Nc1ccccc1CBr. The van der Waals surface area contributed by atoms with Crippen LogP contribution in [0.5, 0.6) is 0 Å². The van der Waals surface area contributed by atoms with Crippen molar-refractivity contribution in [3.8, 4) is 0 Å². The van der Waals surface area contributed by atoms with Crippen molar-refractivity contribution in [3.05, 3.63) is 65.2 Å². The van der Waals surface area contributed by atoms with Crippen molar-refractivity contribution in [2.75, 3.05) is 5.32 Å². The standard InChI is InChI=1S/C15H12BrF2NO/c16-9-11-4-1-2-7-13(11)19-14(20)8-10-5-3-6-12(17)15(10)18/h1-7H,8-9H2,(H,19,20). The number of hydrogen-bond acceptors (Lipinski definition) is 1. The molecule has 0 aliphatic rings. The van der Waals surface area contributed by atoms with Crippen LogP contribution < -0.4 is 5.32 Å². The fourth-order valence-corrected chi connectivity index (χ4v) is 2.30. The maximum Gasteiger partial charge on any atom is 0.228 e. The van der Waals surface area contributed by atoms with E-state index in [2.05, 4.69) is 21.2 Å². The minimum absolute atomic E-state index is 0.0406. The van der Waals surface area contributed by atoms with Gasteiger partial charge in [-0.3, -0.25) is 4.79 Å². The quantitative estimate of drug-likeness (QED) is 0.837. The highest BCUT2D eigenvalue weighted by atomic mass is 79.9. The Kier molecular flexibility index (Phi) is 4.84. The largest absolute Gasteiger partial charge is 0.326 e.